The molecule has 76 valence electrons. The van der Waals surface area contributed by atoms with E-state index in [2.05, 4.69) is 9.97 Å². The molecule has 0 fully saturated rings. The molecule has 15 heavy (non-hydrogen) atoms. The van der Waals surface area contributed by atoms with Crippen LogP contribution in [0.25, 0.3) is 0 Å². The quantitative estimate of drug-likeness (QED) is 0.820. The van der Waals surface area contributed by atoms with E-state index in [4.69, 9.17) is 10.5 Å². The van der Waals surface area contributed by atoms with Gasteiger partial charge in [-0.05, 0) is 29.8 Å². The lowest BCUT2D eigenvalue weighted by Crippen LogP contribution is -1.99. The number of aromatic nitrogens is 2. The Morgan fingerprint density at radius 2 is 1.93 bits per heavy atom. The molecule has 2 aromatic rings. The summed E-state index contributed by atoms with van der Waals surface area (Å²) in [5.74, 6) is 1.01. The third-order valence-electron chi connectivity index (χ3n) is 1.94. The summed E-state index contributed by atoms with van der Waals surface area (Å²) in [6.45, 7) is 0.471. The van der Waals surface area contributed by atoms with E-state index in [9.17, 15) is 0 Å². The molecule has 0 saturated carbocycles. The first-order valence-electron chi connectivity index (χ1n) is 4.58. The van der Waals surface area contributed by atoms with E-state index in [0.29, 0.717) is 18.2 Å². The topological polar surface area (TPSA) is 61.0 Å². The smallest absolute Gasteiger partial charge is 0.166 e. The zero-order valence-corrected chi connectivity index (χ0v) is 8.13. The predicted molar refractivity (Wildman–Crippen MR) is 57.2 cm³/mol. The van der Waals surface area contributed by atoms with E-state index in [1.165, 1.54) is 0 Å². The van der Waals surface area contributed by atoms with Crippen molar-refractivity contribution in [2.45, 2.75) is 6.61 Å². The van der Waals surface area contributed by atoms with Gasteiger partial charge in [-0.1, -0.05) is 0 Å². The summed E-state index contributed by atoms with van der Waals surface area (Å²) < 4.78 is 5.51. The molecular formula is C11H11N3O. The largest absolute Gasteiger partial charge is 0.485 e. The molecule has 0 unspecified atom stereocenters. The van der Waals surface area contributed by atoms with E-state index < -0.39 is 0 Å². The molecule has 2 heterocycles. The molecule has 0 aliphatic rings. The second-order valence-corrected chi connectivity index (χ2v) is 3.03. The molecule has 4 nitrogen and oxygen atoms in total. The fourth-order valence-electron chi connectivity index (χ4n) is 1.16. The van der Waals surface area contributed by atoms with Crippen molar-refractivity contribution >= 4 is 5.82 Å². The van der Waals surface area contributed by atoms with E-state index in [1.807, 2.05) is 12.1 Å². The van der Waals surface area contributed by atoms with Crippen LogP contribution in [-0.2, 0) is 6.61 Å². The van der Waals surface area contributed by atoms with Crippen molar-refractivity contribution in [1.82, 2.24) is 9.97 Å². The number of hydrogen-bond acceptors (Lipinski definition) is 4. The first-order chi connectivity index (χ1) is 7.36. The van der Waals surface area contributed by atoms with Gasteiger partial charge in [0.25, 0.3) is 0 Å². The second kappa shape index (κ2) is 4.41. The van der Waals surface area contributed by atoms with Crippen LogP contribution in [0.3, 0.4) is 0 Å². The lowest BCUT2D eigenvalue weighted by atomic mass is 10.3. The monoisotopic (exact) mass is 201 g/mol. The summed E-state index contributed by atoms with van der Waals surface area (Å²) in [5, 5.41) is 0. The van der Waals surface area contributed by atoms with E-state index >= 15 is 0 Å². The maximum atomic E-state index is 5.64. The summed E-state index contributed by atoms with van der Waals surface area (Å²) >= 11 is 0. The van der Waals surface area contributed by atoms with Gasteiger partial charge in [0.1, 0.15) is 6.61 Å². The zero-order valence-electron chi connectivity index (χ0n) is 8.13. The van der Waals surface area contributed by atoms with Crippen LogP contribution in [0.4, 0.5) is 5.82 Å². The standard InChI is InChI=1S/C11H11N3O/c12-11-10(2-1-5-14-11)15-8-9-3-6-13-7-4-9/h1-7H,8H2,(H2,12,14). The number of nitrogen functional groups attached to an aromatic ring is 1. The lowest BCUT2D eigenvalue weighted by molar-refractivity contribution is 0.307. The summed E-state index contributed by atoms with van der Waals surface area (Å²) in [5.41, 5.74) is 6.69. The molecule has 0 radical (unpaired) electrons. The minimum Gasteiger partial charge on any atom is -0.485 e. The normalized spacial score (nSPS) is 9.87. The van der Waals surface area contributed by atoms with Crippen molar-refractivity contribution in [3.05, 3.63) is 48.4 Å². The molecule has 0 aliphatic carbocycles. The summed E-state index contributed by atoms with van der Waals surface area (Å²) in [6.07, 6.45) is 5.09. The zero-order chi connectivity index (χ0) is 10.5. The Bertz CT molecular complexity index is 431. The Hall–Kier alpha value is -2.10. The number of hydrogen-bond donors (Lipinski definition) is 1. The van der Waals surface area contributed by atoms with Crippen molar-refractivity contribution in [2.24, 2.45) is 0 Å². The number of nitrogens with zero attached hydrogens (tertiary/aromatic N) is 2. The van der Waals surface area contributed by atoms with Crippen LogP contribution in [-0.4, -0.2) is 9.97 Å². The van der Waals surface area contributed by atoms with Gasteiger partial charge in [-0.2, -0.15) is 0 Å². The van der Waals surface area contributed by atoms with Gasteiger partial charge in [-0.3, -0.25) is 4.98 Å². The van der Waals surface area contributed by atoms with Crippen LogP contribution < -0.4 is 10.5 Å². The van der Waals surface area contributed by atoms with Gasteiger partial charge < -0.3 is 10.5 Å². The number of nitrogens with two attached hydrogens (primary N) is 1. The van der Waals surface area contributed by atoms with Gasteiger partial charge in [0.05, 0.1) is 0 Å². The average Bonchev–Trinajstić information content (AvgIpc) is 2.29. The first kappa shape index (κ1) is 9.45. The molecule has 2 rings (SSSR count). The Balaban J connectivity index is 2.03. The molecule has 0 aliphatic heterocycles. The molecule has 0 spiro atoms. The van der Waals surface area contributed by atoms with Crippen LogP contribution in [0.15, 0.2) is 42.9 Å². The molecule has 0 atom stereocenters. The van der Waals surface area contributed by atoms with E-state index in [0.717, 1.165) is 5.56 Å². The lowest BCUT2D eigenvalue weighted by Gasteiger charge is -2.07. The number of pyridine rings is 2. The Morgan fingerprint density at radius 1 is 1.13 bits per heavy atom. The minimum absolute atomic E-state index is 0.409. The molecule has 0 amide bonds. The molecule has 2 N–H and O–H groups in total. The average molecular weight is 201 g/mol. The van der Waals surface area contributed by atoms with Crippen molar-refractivity contribution in [3.63, 3.8) is 0 Å². The van der Waals surface area contributed by atoms with Gasteiger partial charge in [0, 0.05) is 18.6 Å². The molecule has 4 heteroatoms. The Labute approximate surface area is 87.7 Å². The van der Waals surface area contributed by atoms with Gasteiger partial charge in [-0.25, -0.2) is 4.98 Å². The minimum atomic E-state index is 0.409. The van der Waals surface area contributed by atoms with Gasteiger partial charge >= 0.3 is 0 Å². The van der Waals surface area contributed by atoms with Crippen LogP contribution >= 0.6 is 0 Å². The van der Waals surface area contributed by atoms with Crippen LogP contribution in [0, 0.1) is 0 Å². The van der Waals surface area contributed by atoms with Gasteiger partial charge in [0.15, 0.2) is 11.6 Å². The van der Waals surface area contributed by atoms with Crippen LogP contribution in [0.5, 0.6) is 5.75 Å². The molecule has 0 bridgehead atoms. The third-order valence-corrected chi connectivity index (χ3v) is 1.94. The Morgan fingerprint density at radius 3 is 2.67 bits per heavy atom. The summed E-state index contributed by atoms with van der Waals surface area (Å²) in [4.78, 5) is 7.86. The Kier molecular flexibility index (Phi) is 2.78. The number of rotatable bonds is 3. The highest BCUT2D eigenvalue weighted by Crippen LogP contribution is 2.18. The number of anilines is 1. The summed E-state index contributed by atoms with van der Waals surface area (Å²) in [7, 11) is 0. The molecular weight excluding hydrogens is 190 g/mol. The fraction of sp³-hybridized carbons (Fsp3) is 0.0909. The van der Waals surface area contributed by atoms with Crippen molar-refractivity contribution in [1.29, 1.82) is 0 Å². The van der Waals surface area contributed by atoms with Crippen molar-refractivity contribution < 1.29 is 4.74 Å². The second-order valence-electron chi connectivity index (χ2n) is 3.03. The molecule has 0 aromatic carbocycles. The van der Waals surface area contributed by atoms with Crippen LogP contribution in [0.2, 0.25) is 0 Å². The summed E-state index contributed by atoms with van der Waals surface area (Å²) in [6, 6.07) is 7.38. The first-order valence-corrected chi connectivity index (χ1v) is 4.58. The highest BCUT2D eigenvalue weighted by Gasteiger charge is 1.99. The number of ether oxygens (including phenoxy) is 1. The van der Waals surface area contributed by atoms with Crippen molar-refractivity contribution in [3.8, 4) is 5.75 Å². The predicted octanol–water partition coefficient (Wildman–Crippen LogP) is 1.64. The fourth-order valence-corrected chi connectivity index (χ4v) is 1.16. The highest BCUT2D eigenvalue weighted by molar-refractivity contribution is 5.44. The van der Waals surface area contributed by atoms with Gasteiger partial charge in [-0.15, -0.1) is 0 Å². The van der Waals surface area contributed by atoms with Crippen LogP contribution in [0.1, 0.15) is 5.56 Å². The maximum absolute atomic E-state index is 5.64. The highest BCUT2D eigenvalue weighted by atomic mass is 16.5. The van der Waals surface area contributed by atoms with E-state index in [1.54, 1.807) is 30.7 Å². The van der Waals surface area contributed by atoms with Gasteiger partial charge in [0.2, 0.25) is 0 Å². The van der Waals surface area contributed by atoms with E-state index in [-0.39, 0.29) is 0 Å². The molecule has 0 saturated heterocycles. The van der Waals surface area contributed by atoms with Crippen molar-refractivity contribution in [2.75, 3.05) is 5.73 Å². The molecule has 2 aromatic heterocycles. The maximum Gasteiger partial charge on any atom is 0.166 e. The SMILES string of the molecule is Nc1ncccc1OCc1ccncc1. The third kappa shape index (κ3) is 2.43.